The highest BCUT2D eigenvalue weighted by atomic mass is 32.2. The number of likely N-dealkylation sites (tertiary alicyclic amines) is 1. The van der Waals surface area contributed by atoms with Gasteiger partial charge < -0.3 is 9.64 Å². The molecule has 1 amide bonds. The van der Waals surface area contributed by atoms with Crippen LogP contribution in [0.4, 0.5) is 39.5 Å². The molecule has 1 aliphatic heterocycles. The number of alkyl halides is 6. The summed E-state index contributed by atoms with van der Waals surface area (Å²) in [4.78, 5) is 14.2. The summed E-state index contributed by atoms with van der Waals surface area (Å²) in [6.07, 6.45) is -13.2. The van der Waals surface area contributed by atoms with Crippen molar-refractivity contribution in [3.8, 4) is 0 Å². The van der Waals surface area contributed by atoms with E-state index in [2.05, 4.69) is 4.74 Å². The van der Waals surface area contributed by atoms with Crippen molar-refractivity contribution in [1.29, 1.82) is 0 Å². The fourth-order valence-electron chi connectivity index (χ4n) is 6.31. The van der Waals surface area contributed by atoms with Crippen LogP contribution in [0, 0.1) is 17.5 Å². The number of ether oxygens (including phenoxy) is 1. The van der Waals surface area contributed by atoms with E-state index in [4.69, 9.17) is 0 Å². The molecular weight excluding hydrogens is 778 g/mol. The lowest BCUT2D eigenvalue weighted by Crippen LogP contribution is -2.56. The van der Waals surface area contributed by atoms with Crippen molar-refractivity contribution in [2.75, 3.05) is 18.8 Å². The Morgan fingerprint density at radius 3 is 1.81 bits per heavy atom. The highest BCUT2D eigenvalue weighted by Crippen LogP contribution is 2.54. The number of carbonyl (C=O) groups excluding carboxylic acids is 1. The van der Waals surface area contributed by atoms with Crippen LogP contribution in [0.3, 0.4) is 0 Å². The molecule has 7 nitrogen and oxygen atoms in total. The van der Waals surface area contributed by atoms with Gasteiger partial charge in [-0.3, -0.25) is 4.79 Å². The fourth-order valence-corrected chi connectivity index (χ4v) is 9.27. The zero-order valence-electron chi connectivity index (χ0n) is 28.0. The van der Waals surface area contributed by atoms with E-state index in [1.165, 1.54) is 31.2 Å². The number of hydrogen-bond donors (Lipinski definition) is 0. The van der Waals surface area contributed by atoms with Crippen molar-refractivity contribution in [2.45, 2.75) is 58.9 Å². The largest absolute Gasteiger partial charge is 0.430 e. The molecule has 0 aromatic heterocycles. The van der Waals surface area contributed by atoms with Gasteiger partial charge in [0.05, 0.1) is 28.6 Å². The first-order valence-corrected chi connectivity index (χ1v) is 19.1. The number of benzene rings is 4. The molecule has 54 heavy (non-hydrogen) atoms. The highest BCUT2D eigenvalue weighted by Gasteiger charge is 2.73. The molecule has 1 heterocycles. The van der Waals surface area contributed by atoms with Crippen LogP contribution in [0.1, 0.15) is 35.6 Å². The first kappa shape index (κ1) is 40.8. The minimum atomic E-state index is -6.26. The summed E-state index contributed by atoms with van der Waals surface area (Å²) < 4.78 is 185. The molecule has 0 radical (unpaired) electrons. The summed E-state index contributed by atoms with van der Waals surface area (Å²) >= 11 is 0. The van der Waals surface area contributed by atoms with Crippen LogP contribution in [0.2, 0.25) is 0 Å². The molecule has 290 valence electrons. The monoisotopic (exact) mass is 807 g/mol. The van der Waals surface area contributed by atoms with Gasteiger partial charge in [-0.25, -0.2) is 30.0 Å². The number of hydrogen-bond acceptors (Lipinski definition) is 6. The SMILES string of the molecule is CCS(=O)(=O)c1ccc(CC(=O)N2CCC(c3ccc(C(OCc4c(F)cccc4F)(C(F)(F)F)C(F)(F)F)cc3)(S(=O)(=O)c3ccc(F)cc3)C2)cc1. The maximum atomic E-state index is 14.6. The first-order chi connectivity index (χ1) is 25.1. The maximum Gasteiger partial charge on any atom is 0.430 e. The lowest BCUT2D eigenvalue weighted by molar-refractivity contribution is -0.392. The quantitative estimate of drug-likeness (QED) is 0.115. The average Bonchev–Trinajstić information content (AvgIpc) is 3.57. The van der Waals surface area contributed by atoms with Gasteiger partial charge >= 0.3 is 12.4 Å². The number of rotatable bonds is 11. The van der Waals surface area contributed by atoms with Gasteiger partial charge in [-0.1, -0.05) is 49.4 Å². The number of nitrogens with zero attached hydrogens (tertiary/aromatic N) is 1. The van der Waals surface area contributed by atoms with Gasteiger partial charge in [-0.15, -0.1) is 0 Å². The minimum absolute atomic E-state index is 0.0140. The van der Waals surface area contributed by atoms with Crippen LogP contribution in [0.25, 0.3) is 0 Å². The third kappa shape index (κ3) is 7.34. The van der Waals surface area contributed by atoms with E-state index in [1.807, 2.05) is 0 Å². The molecular formula is C36H30F9NO6S2. The summed E-state index contributed by atoms with van der Waals surface area (Å²) in [6.45, 7) is -1.21. The normalized spacial score (nSPS) is 17.2. The van der Waals surface area contributed by atoms with Crippen molar-refractivity contribution in [3.05, 3.63) is 131 Å². The van der Waals surface area contributed by atoms with Crippen molar-refractivity contribution >= 4 is 25.6 Å². The summed E-state index contributed by atoms with van der Waals surface area (Å²) in [5, 5.41) is 0. The molecule has 4 aromatic rings. The lowest BCUT2D eigenvalue weighted by Gasteiger charge is -2.38. The van der Waals surface area contributed by atoms with Crippen molar-refractivity contribution in [3.63, 3.8) is 0 Å². The molecule has 0 aliphatic carbocycles. The molecule has 1 unspecified atom stereocenters. The molecule has 0 bridgehead atoms. The second kappa shape index (κ2) is 14.7. The molecule has 1 aliphatic rings. The second-order valence-corrected chi connectivity index (χ2v) is 17.0. The molecule has 1 saturated heterocycles. The number of amides is 1. The fraction of sp³-hybridized carbons (Fsp3) is 0.306. The van der Waals surface area contributed by atoms with Crippen molar-refractivity contribution in [2.24, 2.45) is 0 Å². The predicted octanol–water partition coefficient (Wildman–Crippen LogP) is 7.58. The zero-order chi connectivity index (χ0) is 39.9. The Morgan fingerprint density at radius 2 is 1.30 bits per heavy atom. The van der Waals surface area contributed by atoms with Crippen LogP contribution in [0.15, 0.2) is 101 Å². The standard InChI is InChI=1S/C36H30F9NO6S2/c1-2-53(48,49)27-14-6-23(7-15-27)20-32(47)46-19-18-33(22-46,54(50,51)28-16-12-26(37)13-17-28)24-8-10-25(11-9-24)34(35(40,41)42,36(43,44)45)52-21-29-30(38)4-3-5-31(29)39/h3-17H,2,18-22H2,1H3. The highest BCUT2D eigenvalue weighted by molar-refractivity contribution is 7.92. The smallest absolute Gasteiger partial charge is 0.349 e. The third-order valence-corrected chi connectivity index (χ3v) is 13.6. The van der Waals surface area contributed by atoms with Crippen LogP contribution in [-0.2, 0) is 52.6 Å². The van der Waals surface area contributed by atoms with Gasteiger partial charge in [0.25, 0.3) is 5.60 Å². The van der Waals surface area contributed by atoms with Crippen LogP contribution in [0.5, 0.6) is 0 Å². The Morgan fingerprint density at radius 1 is 0.759 bits per heavy atom. The number of carbonyl (C=O) groups is 1. The predicted molar refractivity (Wildman–Crippen MR) is 176 cm³/mol. The topological polar surface area (TPSA) is 97.8 Å². The van der Waals surface area contributed by atoms with Gasteiger partial charge in [0, 0.05) is 24.2 Å². The van der Waals surface area contributed by atoms with Crippen LogP contribution < -0.4 is 0 Å². The van der Waals surface area contributed by atoms with E-state index in [0.29, 0.717) is 42.0 Å². The first-order valence-electron chi connectivity index (χ1n) is 16.0. The molecule has 5 rings (SSSR count). The Balaban J connectivity index is 1.55. The van der Waals surface area contributed by atoms with E-state index in [1.54, 1.807) is 0 Å². The number of halogens is 9. The molecule has 1 atom stereocenters. The zero-order valence-corrected chi connectivity index (χ0v) is 29.7. The van der Waals surface area contributed by atoms with Gasteiger partial charge in [-0.2, -0.15) is 26.3 Å². The second-order valence-electron chi connectivity index (χ2n) is 12.5. The summed E-state index contributed by atoms with van der Waals surface area (Å²) in [6, 6.07) is 13.1. The Kier molecular flexibility index (Phi) is 11.1. The van der Waals surface area contributed by atoms with E-state index in [9.17, 15) is 61.1 Å². The average molecular weight is 808 g/mol. The minimum Gasteiger partial charge on any atom is -0.349 e. The van der Waals surface area contributed by atoms with Crippen molar-refractivity contribution in [1.82, 2.24) is 4.90 Å². The van der Waals surface area contributed by atoms with Gasteiger partial charge in [0.15, 0.2) is 19.7 Å². The summed E-state index contributed by atoms with van der Waals surface area (Å²) in [5.74, 6) is -4.52. The van der Waals surface area contributed by atoms with E-state index >= 15 is 0 Å². The summed E-state index contributed by atoms with van der Waals surface area (Å²) in [5.41, 5.74) is -7.88. The van der Waals surface area contributed by atoms with E-state index in [0.717, 1.165) is 35.2 Å². The van der Waals surface area contributed by atoms with Crippen LogP contribution >= 0.6 is 0 Å². The molecule has 1 fully saturated rings. The third-order valence-electron chi connectivity index (χ3n) is 9.35. The summed E-state index contributed by atoms with van der Waals surface area (Å²) in [7, 11) is -8.23. The van der Waals surface area contributed by atoms with E-state index in [-0.39, 0.29) is 29.2 Å². The van der Waals surface area contributed by atoms with E-state index < -0.39 is 101 Å². The molecule has 0 saturated carbocycles. The van der Waals surface area contributed by atoms with Gasteiger partial charge in [-0.05, 0) is 66.1 Å². The molecule has 4 aromatic carbocycles. The Labute approximate surface area is 304 Å². The van der Waals surface area contributed by atoms with Gasteiger partial charge in [0.1, 0.15) is 22.2 Å². The van der Waals surface area contributed by atoms with Crippen molar-refractivity contribution < 1.29 is 65.9 Å². The molecule has 18 heteroatoms. The Hall–Kier alpha value is -4.42. The van der Waals surface area contributed by atoms with Gasteiger partial charge in [0.2, 0.25) is 5.91 Å². The molecule has 0 spiro atoms. The molecule has 0 N–H and O–H groups in total. The lowest BCUT2D eigenvalue weighted by atomic mass is 9.88. The maximum absolute atomic E-state index is 14.6. The number of sulfone groups is 2. The Bertz CT molecular complexity index is 2190. The van der Waals surface area contributed by atoms with Crippen LogP contribution in [-0.4, -0.2) is 58.8 Å².